The maximum atomic E-state index is 13.3. The fourth-order valence-electron chi connectivity index (χ4n) is 4.99. The molecule has 33 heavy (non-hydrogen) atoms. The Balaban J connectivity index is 1.43. The molecular weight excluding hydrogens is 416 g/mol. The minimum Gasteiger partial charge on any atom is -0.497 e. The van der Waals surface area contributed by atoms with Crippen LogP contribution in [-0.2, 0) is 13.0 Å². The van der Waals surface area contributed by atoms with Gasteiger partial charge in [0.15, 0.2) is 0 Å². The van der Waals surface area contributed by atoms with Crippen LogP contribution in [0.1, 0.15) is 40.9 Å². The van der Waals surface area contributed by atoms with Gasteiger partial charge >= 0.3 is 0 Å². The molecule has 0 N–H and O–H groups in total. The number of methoxy groups -OCH3 is 1. The number of hydrogen-bond donors (Lipinski definition) is 0. The summed E-state index contributed by atoms with van der Waals surface area (Å²) in [6.45, 7) is 7.27. The van der Waals surface area contributed by atoms with E-state index in [1.54, 1.807) is 7.11 Å². The highest BCUT2D eigenvalue weighted by molar-refractivity contribution is 5.94. The molecule has 0 saturated carbocycles. The number of anilines is 2. The number of carbonyl (C=O) groups excluding carboxylic acids is 1. The number of benzene rings is 1. The van der Waals surface area contributed by atoms with E-state index in [-0.39, 0.29) is 5.91 Å². The van der Waals surface area contributed by atoms with Crippen molar-refractivity contribution in [2.24, 2.45) is 0 Å². The van der Waals surface area contributed by atoms with Gasteiger partial charge in [0.05, 0.1) is 19.3 Å². The van der Waals surface area contributed by atoms with Crippen molar-refractivity contribution in [1.82, 2.24) is 19.8 Å². The number of likely N-dealkylation sites (N-methyl/N-ethyl adjacent to an activating group) is 1. The maximum Gasteiger partial charge on any atom is 0.254 e. The molecule has 0 aliphatic carbocycles. The molecule has 1 aromatic heterocycles. The molecule has 1 aromatic carbocycles. The number of amides is 1. The summed E-state index contributed by atoms with van der Waals surface area (Å²) in [5.74, 6) is 2.71. The summed E-state index contributed by atoms with van der Waals surface area (Å²) >= 11 is 0. The Hall–Kier alpha value is -2.87. The Kier molecular flexibility index (Phi) is 6.35. The van der Waals surface area contributed by atoms with Crippen LogP contribution in [0.4, 0.5) is 11.8 Å². The SMILES string of the molecule is COc1ccc(C(=O)N2CCc3nc(N4CCN(C)CC4)nc(N4CCCCC4)c3C2)cc1. The van der Waals surface area contributed by atoms with Gasteiger partial charge in [-0.05, 0) is 50.6 Å². The van der Waals surface area contributed by atoms with Crippen LogP contribution >= 0.6 is 0 Å². The molecule has 3 aliphatic heterocycles. The lowest BCUT2D eigenvalue weighted by atomic mass is 10.0. The number of fused-ring (bicyclic) bond motifs is 1. The summed E-state index contributed by atoms with van der Waals surface area (Å²) in [7, 11) is 3.80. The minimum atomic E-state index is 0.0519. The third-order valence-corrected chi connectivity index (χ3v) is 7.09. The van der Waals surface area contributed by atoms with Crippen molar-refractivity contribution >= 4 is 17.7 Å². The number of aromatic nitrogens is 2. The fourth-order valence-corrected chi connectivity index (χ4v) is 4.99. The van der Waals surface area contributed by atoms with E-state index < -0.39 is 0 Å². The zero-order valence-corrected chi connectivity index (χ0v) is 19.8. The Labute approximate surface area is 196 Å². The van der Waals surface area contributed by atoms with Crippen molar-refractivity contribution in [3.05, 3.63) is 41.1 Å². The van der Waals surface area contributed by atoms with Crippen molar-refractivity contribution in [3.63, 3.8) is 0 Å². The number of ether oxygens (including phenoxy) is 1. The van der Waals surface area contributed by atoms with Crippen LogP contribution in [0.25, 0.3) is 0 Å². The van der Waals surface area contributed by atoms with Crippen LogP contribution in [0.2, 0.25) is 0 Å². The van der Waals surface area contributed by atoms with E-state index in [1.165, 1.54) is 19.3 Å². The van der Waals surface area contributed by atoms with Gasteiger partial charge in [-0.2, -0.15) is 4.98 Å². The summed E-state index contributed by atoms with van der Waals surface area (Å²) in [5.41, 5.74) is 2.93. The number of hydrogen-bond acceptors (Lipinski definition) is 7. The maximum absolute atomic E-state index is 13.3. The van der Waals surface area contributed by atoms with Crippen LogP contribution in [0, 0.1) is 0 Å². The Bertz CT molecular complexity index is 981. The van der Waals surface area contributed by atoms with Crippen molar-refractivity contribution in [3.8, 4) is 5.75 Å². The molecule has 4 heterocycles. The summed E-state index contributed by atoms with van der Waals surface area (Å²) in [4.78, 5) is 32.4. The van der Waals surface area contributed by atoms with Gasteiger partial charge < -0.3 is 24.3 Å². The van der Waals surface area contributed by atoms with E-state index in [0.717, 1.165) is 74.5 Å². The number of carbonyl (C=O) groups is 1. The predicted molar refractivity (Wildman–Crippen MR) is 129 cm³/mol. The van der Waals surface area contributed by atoms with E-state index in [1.807, 2.05) is 29.2 Å². The molecule has 2 aromatic rings. The lowest BCUT2D eigenvalue weighted by Crippen LogP contribution is -2.46. The first-order valence-electron chi connectivity index (χ1n) is 12.1. The molecule has 2 fully saturated rings. The lowest BCUT2D eigenvalue weighted by molar-refractivity contribution is 0.0733. The van der Waals surface area contributed by atoms with Gasteiger partial charge in [0.2, 0.25) is 5.95 Å². The topological polar surface area (TPSA) is 65.0 Å². The average molecular weight is 451 g/mol. The molecule has 8 heteroatoms. The lowest BCUT2D eigenvalue weighted by Gasteiger charge is -2.37. The van der Waals surface area contributed by atoms with Gasteiger partial charge in [-0.3, -0.25) is 4.79 Å². The molecule has 0 bridgehead atoms. The first-order chi connectivity index (χ1) is 16.1. The molecule has 0 radical (unpaired) electrons. The molecule has 8 nitrogen and oxygen atoms in total. The number of rotatable bonds is 4. The Morgan fingerprint density at radius 2 is 1.61 bits per heavy atom. The molecular formula is C25H34N6O2. The summed E-state index contributed by atoms with van der Waals surface area (Å²) in [6, 6.07) is 7.37. The van der Waals surface area contributed by atoms with E-state index in [2.05, 4.69) is 21.7 Å². The highest BCUT2D eigenvalue weighted by atomic mass is 16.5. The van der Waals surface area contributed by atoms with Crippen LogP contribution in [0.3, 0.4) is 0 Å². The van der Waals surface area contributed by atoms with Gasteiger partial charge in [-0.1, -0.05) is 0 Å². The third kappa shape index (κ3) is 4.62. The Morgan fingerprint density at radius 3 is 2.30 bits per heavy atom. The standard InChI is InChI=1S/C25H34N6O2/c1-28-14-16-30(17-15-28)25-26-22-10-13-31(24(32)19-6-8-20(33-2)9-7-19)18-21(22)23(27-25)29-11-4-3-5-12-29/h6-9H,3-5,10-18H2,1-2H3. The third-order valence-electron chi connectivity index (χ3n) is 7.09. The first kappa shape index (κ1) is 21.9. The van der Waals surface area contributed by atoms with Crippen LogP contribution in [0.5, 0.6) is 5.75 Å². The first-order valence-corrected chi connectivity index (χ1v) is 12.1. The van der Waals surface area contributed by atoms with Crippen molar-refractivity contribution in [2.75, 3.05) is 69.8 Å². The molecule has 1 amide bonds. The highest BCUT2D eigenvalue weighted by Gasteiger charge is 2.30. The second kappa shape index (κ2) is 9.55. The minimum absolute atomic E-state index is 0.0519. The summed E-state index contributed by atoms with van der Waals surface area (Å²) < 4.78 is 5.24. The van der Waals surface area contributed by atoms with Crippen molar-refractivity contribution < 1.29 is 9.53 Å². The van der Waals surface area contributed by atoms with Crippen molar-refractivity contribution in [1.29, 1.82) is 0 Å². The number of piperidine rings is 1. The van der Waals surface area contributed by atoms with Crippen molar-refractivity contribution in [2.45, 2.75) is 32.2 Å². The van der Waals surface area contributed by atoms with E-state index in [9.17, 15) is 4.79 Å². The molecule has 5 rings (SSSR count). The zero-order chi connectivity index (χ0) is 22.8. The largest absolute Gasteiger partial charge is 0.497 e. The second-order valence-electron chi connectivity index (χ2n) is 9.32. The van der Waals surface area contributed by atoms with E-state index in [0.29, 0.717) is 18.7 Å². The normalized spacial score (nSPS) is 19.4. The molecule has 176 valence electrons. The average Bonchev–Trinajstić information content (AvgIpc) is 2.88. The molecule has 0 unspecified atom stereocenters. The fraction of sp³-hybridized carbons (Fsp3) is 0.560. The number of nitrogens with zero attached hydrogens (tertiary/aromatic N) is 6. The van der Waals surface area contributed by atoms with Crippen LogP contribution in [0.15, 0.2) is 24.3 Å². The summed E-state index contributed by atoms with van der Waals surface area (Å²) in [5, 5.41) is 0. The van der Waals surface area contributed by atoms with E-state index in [4.69, 9.17) is 14.7 Å². The molecule has 2 saturated heterocycles. The zero-order valence-electron chi connectivity index (χ0n) is 19.8. The number of piperazine rings is 1. The second-order valence-corrected chi connectivity index (χ2v) is 9.32. The van der Waals surface area contributed by atoms with Gasteiger partial charge in [-0.25, -0.2) is 4.98 Å². The predicted octanol–water partition coefficient (Wildman–Crippen LogP) is 2.43. The highest BCUT2D eigenvalue weighted by Crippen LogP contribution is 2.31. The van der Waals surface area contributed by atoms with E-state index >= 15 is 0 Å². The van der Waals surface area contributed by atoms with Gasteiger partial charge in [0.1, 0.15) is 11.6 Å². The molecule has 0 atom stereocenters. The quantitative estimate of drug-likeness (QED) is 0.709. The monoisotopic (exact) mass is 450 g/mol. The van der Waals surface area contributed by atoms with Gasteiger partial charge in [0.25, 0.3) is 5.91 Å². The van der Waals surface area contributed by atoms with Gasteiger partial charge in [-0.15, -0.1) is 0 Å². The summed E-state index contributed by atoms with van der Waals surface area (Å²) in [6.07, 6.45) is 4.42. The van der Waals surface area contributed by atoms with Gasteiger partial charge in [0, 0.05) is 63.4 Å². The smallest absolute Gasteiger partial charge is 0.254 e. The molecule has 3 aliphatic rings. The van der Waals surface area contributed by atoms with Crippen LogP contribution < -0.4 is 14.5 Å². The Morgan fingerprint density at radius 1 is 0.879 bits per heavy atom. The van der Waals surface area contributed by atoms with Crippen LogP contribution in [-0.4, -0.2) is 85.6 Å². The molecule has 0 spiro atoms.